The molecule has 1 saturated carbocycles. The van der Waals surface area contributed by atoms with E-state index in [1.54, 1.807) is 20.6 Å². The van der Waals surface area contributed by atoms with E-state index in [-0.39, 0.29) is 35.6 Å². The molecule has 35 heavy (non-hydrogen) atoms. The molecule has 0 atom stereocenters. The van der Waals surface area contributed by atoms with Crippen LogP contribution in [-0.4, -0.2) is 3.81 Å². The number of fused-ring (bicyclic) bond motifs is 3. The molecule has 186 valence electrons. The zero-order chi connectivity index (χ0) is 23.4. The number of hydrogen-bond donors (Lipinski definition) is 0. The fourth-order valence-corrected chi connectivity index (χ4v) is 12.0. The van der Waals surface area contributed by atoms with Crippen LogP contribution in [0.3, 0.4) is 0 Å². The molecule has 3 heteroatoms. The van der Waals surface area contributed by atoms with Gasteiger partial charge >= 0.3 is 208 Å². The Morgan fingerprint density at radius 1 is 0.771 bits per heavy atom. The first kappa shape index (κ1) is 28.7. The van der Waals surface area contributed by atoms with Gasteiger partial charge in [0.25, 0.3) is 0 Å². The van der Waals surface area contributed by atoms with Crippen molar-refractivity contribution < 1.29 is 42.2 Å². The summed E-state index contributed by atoms with van der Waals surface area (Å²) in [6.45, 7) is 14.3. The molecular formula is C32H40Cl2Ti. The Kier molecular flexibility index (Phi) is 8.86. The normalized spacial score (nSPS) is 16.5. The van der Waals surface area contributed by atoms with Crippen LogP contribution in [0.1, 0.15) is 102 Å². The summed E-state index contributed by atoms with van der Waals surface area (Å²) in [5, 5.41) is 0. The molecule has 0 unspecified atom stereocenters. The third kappa shape index (κ3) is 5.52. The first-order valence-electron chi connectivity index (χ1n) is 13.0. The third-order valence-electron chi connectivity index (χ3n) is 7.90. The summed E-state index contributed by atoms with van der Waals surface area (Å²) in [5.74, 6) is 0. The van der Waals surface area contributed by atoms with Crippen LogP contribution in [0.5, 0.6) is 0 Å². The summed E-state index contributed by atoms with van der Waals surface area (Å²) in [7, 11) is 0. The summed E-state index contributed by atoms with van der Waals surface area (Å²) < 4.78 is 5.57. The van der Waals surface area contributed by atoms with E-state index < -0.39 is 17.4 Å². The Labute approximate surface area is 231 Å². The van der Waals surface area contributed by atoms with E-state index in [0.29, 0.717) is 0 Å². The molecule has 1 fully saturated rings. The van der Waals surface area contributed by atoms with Crippen molar-refractivity contribution in [3.63, 3.8) is 0 Å². The van der Waals surface area contributed by atoms with Crippen molar-refractivity contribution in [3.8, 4) is 11.1 Å². The van der Waals surface area contributed by atoms with Gasteiger partial charge in [0.2, 0.25) is 0 Å². The zero-order valence-electron chi connectivity index (χ0n) is 22.3. The summed E-state index contributed by atoms with van der Waals surface area (Å²) in [6.07, 6.45) is 16.5. The fraction of sp³-hybridized carbons (Fsp3) is 0.469. The number of benzene rings is 2. The van der Waals surface area contributed by atoms with Crippen LogP contribution in [0.15, 0.2) is 52.4 Å². The van der Waals surface area contributed by atoms with Gasteiger partial charge in [0.1, 0.15) is 0 Å². The molecule has 5 rings (SSSR count). The second-order valence-corrected chi connectivity index (χ2v) is 16.5. The average molecular weight is 543 g/mol. The minimum absolute atomic E-state index is 0. The Hall–Kier alpha value is -0.916. The minimum Gasteiger partial charge on any atom is -1.00 e. The number of halogens is 2. The van der Waals surface area contributed by atoms with Crippen molar-refractivity contribution in [2.75, 3.05) is 0 Å². The van der Waals surface area contributed by atoms with Crippen LogP contribution < -0.4 is 28.7 Å². The summed E-state index contributed by atoms with van der Waals surface area (Å²) in [5.41, 5.74) is 9.72. The number of rotatable bonds is 2. The molecular weight excluding hydrogens is 503 g/mol. The first-order chi connectivity index (χ1) is 15.6. The zero-order valence-corrected chi connectivity index (χ0v) is 25.4. The van der Waals surface area contributed by atoms with Crippen molar-refractivity contribution in [2.24, 2.45) is 0 Å². The quantitative estimate of drug-likeness (QED) is 0.435. The Morgan fingerprint density at radius 3 is 2.06 bits per heavy atom. The maximum absolute atomic E-state index is 2.51. The molecule has 0 bridgehead atoms. The number of allylic oxidation sites excluding steroid dienone is 4. The average Bonchev–Trinajstić information content (AvgIpc) is 3.41. The molecule has 0 N–H and O–H groups in total. The van der Waals surface area contributed by atoms with Crippen molar-refractivity contribution in [1.82, 2.24) is 0 Å². The van der Waals surface area contributed by atoms with Gasteiger partial charge in [-0.1, -0.05) is 0 Å². The molecule has 0 aliphatic heterocycles. The van der Waals surface area contributed by atoms with E-state index in [1.165, 1.54) is 55.2 Å². The monoisotopic (exact) mass is 542 g/mol. The van der Waals surface area contributed by atoms with Gasteiger partial charge in [0.15, 0.2) is 0 Å². The van der Waals surface area contributed by atoms with Gasteiger partial charge < -0.3 is 24.8 Å². The smallest absolute Gasteiger partial charge is 1.00 e. The van der Waals surface area contributed by atoms with Crippen molar-refractivity contribution in [1.29, 1.82) is 0 Å². The number of hydrogen-bond acceptors (Lipinski definition) is 0. The van der Waals surface area contributed by atoms with E-state index in [1.807, 2.05) is 7.68 Å². The first-order valence-corrected chi connectivity index (χ1v) is 15.4. The molecule has 0 radical (unpaired) electrons. The third-order valence-corrected chi connectivity index (χ3v) is 13.0. The minimum atomic E-state index is -1.74. The molecule has 0 nitrogen and oxygen atoms in total. The molecule has 0 heterocycles. The summed E-state index contributed by atoms with van der Waals surface area (Å²) in [6, 6.07) is 12.3. The largest absolute Gasteiger partial charge is 1.00 e. The van der Waals surface area contributed by atoms with E-state index >= 15 is 0 Å². The maximum Gasteiger partial charge on any atom is -1.00 e. The SMILES string of the molecule is CC(C)(C)c1ccc2c(c1)Cc1c-2ccc(C(C)(C)C)[c]1[Ti+2]([C]1=CC=CC1)=[C]1CCCCC1.[Cl-].[Cl-]. The predicted octanol–water partition coefficient (Wildman–Crippen LogP) is 2.08. The van der Waals surface area contributed by atoms with Crippen LogP contribution in [0, 0.1) is 0 Å². The van der Waals surface area contributed by atoms with Crippen LogP contribution in [-0.2, 0) is 34.7 Å². The van der Waals surface area contributed by atoms with Gasteiger partial charge in [-0.2, -0.15) is 0 Å². The van der Waals surface area contributed by atoms with Gasteiger partial charge in [0.05, 0.1) is 0 Å². The Bertz CT molecular complexity index is 1190. The summed E-state index contributed by atoms with van der Waals surface area (Å²) in [4.78, 5) is 0. The van der Waals surface area contributed by atoms with E-state index in [9.17, 15) is 0 Å². The molecule has 0 spiro atoms. The van der Waals surface area contributed by atoms with Gasteiger partial charge in [-0.3, -0.25) is 0 Å². The van der Waals surface area contributed by atoms with E-state index in [0.717, 1.165) is 6.42 Å². The van der Waals surface area contributed by atoms with Crippen LogP contribution in [0.2, 0.25) is 0 Å². The van der Waals surface area contributed by atoms with Gasteiger partial charge in [-0.15, -0.1) is 0 Å². The molecule has 2 aromatic rings. The van der Waals surface area contributed by atoms with Crippen molar-refractivity contribution in [2.45, 2.75) is 97.3 Å². The Balaban J connectivity index is 0.00000171. The molecule has 2 aromatic carbocycles. The maximum atomic E-state index is 2.51. The standard InChI is InChI=1S/C21H25.C6H10.C5H5.2ClH.Ti/c1-20(2,3)16-7-9-18-14(12-16)11-15-13-17(21(4,5)6)8-10-19(15)18;1-2-4-6-5-3-1;1-2-4-5-3-1;;;/h7-10,12H,11H2,1-6H3;1-5H2;1-3H,4H2;2*1H;/q;;;;;+2/p-2. The second kappa shape index (κ2) is 10.8. The molecule has 0 saturated heterocycles. The molecule has 0 amide bonds. The molecule has 0 aromatic heterocycles. The van der Waals surface area contributed by atoms with Crippen LogP contribution in [0.4, 0.5) is 0 Å². The Morgan fingerprint density at radius 2 is 1.46 bits per heavy atom. The van der Waals surface area contributed by atoms with Gasteiger partial charge in [-0.25, -0.2) is 0 Å². The predicted molar refractivity (Wildman–Crippen MR) is 142 cm³/mol. The van der Waals surface area contributed by atoms with Crippen molar-refractivity contribution >= 4 is 7.68 Å². The molecule has 3 aliphatic carbocycles. The van der Waals surface area contributed by atoms with E-state index in [2.05, 4.69) is 90.1 Å². The molecule has 3 aliphatic rings. The van der Waals surface area contributed by atoms with Crippen molar-refractivity contribution in [3.05, 3.63) is 74.7 Å². The van der Waals surface area contributed by atoms with Crippen LogP contribution in [0.25, 0.3) is 11.1 Å². The summed E-state index contributed by atoms with van der Waals surface area (Å²) >= 11 is -1.74. The second-order valence-electron chi connectivity index (χ2n) is 12.4. The van der Waals surface area contributed by atoms with Gasteiger partial charge in [0, 0.05) is 0 Å². The van der Waals surface area contributed by atoms with E-state index in [4.69, 9.17) is 0 Å². The fourth-order valence-electron chi connectivity index (χ4n) is 6.08. The van der Waals surface area contributed by atoms with Crippen LogP contribution >= 0.6 is 0 Å². The topological polar surface area (TPSA) is 0 Å². The van der Waals surface area contributed by atoms with Gasteiger partial charge in [-0.05, 0) is 0 Å².